The summed E-state index contributed by atoms with van der Waals surface area (Å²) in [5.41, 5.74) is 5.18. The second-order valence-electron chi connectivity index (χ2n) is 6.95. The largest absolute Gasteiger partial charge is 0.378 e. The normalized spacial score (nSPS) is 16.6. The van der Waals surface area contributed by atoms with Crippen LogP contribution in [0.5, 0.6) is 0 Å². The van der Waals surface area contributed by atoms with Crippen LogP contribution < -0.4 is 20.5 Å². The number of nitrogens with zero attached hydrogens (tertiary/aromatic N) is 3. The highest BCUT2D eigenvalue weighted by Gasteiger charge is 2.38. The van der Waals surface area contributed by atoms with Crippen molar-refractivity contribution in [1.29, 1.82) is 0 Å². The summed E-state index contributed by atoms with van der Waals surface area (Å²) in [5.74, 6) is -2.81. The van der Waals surface area contributed by atoms with E-state index in [1.54, 1.807) is 30.3 Å². The zero-order valence-electron chi connectivity index (χ0n) is 16.7. The number of anilines is 2. The minimum absolute atomic E-state index is 0.00281. The number of benzene rings is 2. The Morgan fingerprint density at radius 2 is 1.90 bits per heavy atom. The highest BCUT2D eigenvalue weighted by atomic mass is 32.1. The van der Waals surface area contributed by atoms with Gasteiger partial charge in [-0.05, 0) is 49.5 Å². The van der Waals surface area contributed by atoms with Crippen molar-refractivity contribution in [3.8, 4) is 0 Å². The minimum atomic E-state index is -1.22. The van der Waals surface area contributed by atoms with Gasteiger partial charge in [-0.2, -0.15) is 5.10 Å². The van der Waals surface area contributed by atoms with E-state index < -0.39 is 23.6 Å². The van der Waals surface area contributed by atoms with E-state index in [4.69, 9.17) is 12.2 Å². The van der Waals surface area contributed by atoms with Crippen LogP contribution in [0.3, 0.4) is 0 Å². The molecule has 0 radical (unpaired) electrons. The van der Waals surface area contributed by atoms with Gasteiger partial charge in [-0.15, -0.1) is 0 Å². The lowest BCUT2D eigenvalue weighted by Crippen LogP contribution is -2.58. The van der Waals surface area contributed by atoms with Crippen molar-refractivity contribution in [2.75, 3.05) is 23.9 Å². The highest BCUT2D eigenvalue weighted by Crippen LogP contribution is 2.21. The molecular weight excluding hydrogens is 402 g/mol. The summed E-state index contributed by atoms with van der Waals surface area (Å²) in [4.78, 5) is 40.6. The van der Waals surface area contributed by atoms with E-state index in [0.29, 0.717) is 11.3 Å². The molecule has 30 heavy (non-hydrogen) atoms. The molecule has 0 spiro atoms. The third-order valence-electron chi connectivity index (χ3n) is 4.51. The third kappa shape index (κ3) is 4.52. The standard InChI is InChI=1S/C21H21N5O3S/c1-13-7-9-15(10-8-13)26-20(29)17(19(28)23-21(26)30)12-22-24-18(27)14-5-4-6-16(11-14)25(2)3/h4-12,17H,1-3H3,(H,24,27)(H,23,28,30)/b22-12+/t17-/m1/s1. The summed E-state index contributed by atoms with van der Waals surface area (Å²) in [6, 6.07) is 14.1. The molecule has 9 heteroatoms. The molecular formula is C21H21N5O3S. The van der Waals surface area contributed by atoms with Gasteiger partial charge in [0.05, 0.1) is 5.69 Å². The maximum Gasteiger partial charge on any atom is 0.271 e. The molecule has 1 aliphatic rings. The molecule has 3 rings (SSSR count). The van der Waals surface area contributed by atoms with Crippen molar-refractivity contribution in [1.82, 2.24) is 10.7 Å². The van der Waals surface area contributed by atoms with E-state index in [-0.39, 0.29) is 5.11 Å². The zero-order chi connectivity index (χ0) is 21.8. The molecule has 3 amide bonds. The number of thiocarbonyl (C=S) groups is 1. The van der Waals surface area contributed by atoms with Gasteiger partial charge in [-0.1, -0.05) is 23.8 Å². The van der Waals surface area contributed by atoms with Crippen LogP contribution in [0.4, 0.5) is 11.4 Å². The molecule has 2 aromatic carbocycles. The Morgan fingerprint density at radius 1 is 1.20 bits per heavy atom. The number of hydrogen-bond donors (Lipinski definition) is 2. The van der Waals surface area contributed by atoms with E-state index in [9.17, 15) is 14.4 Å². The molecule has 1 aliphatic heterocycles. The second-order valence-corrected chi connectivity index (χ2v) is 7.33. The van der Waals surface area contributed by atoms with Crippen molar-refractivity contribution >= 4 is 52.6 Å². The third-order valence-corrected chi connectivity index (χ3v) is 4.79. The number of carbonyl (C=O) groups is 3. The second kappa shape index (κ2) is 8.83. The van der Waals surface area contributed by atoms with Crippen molar-refractivity contribution < 1.29 is 14.4 Å². The number of hydrogen-bond acceptors (Lipinski definition) is 6. The maximum absolute atomic E-state index is 12.9. The van der Waals surface area contributed by atoms with Gasteiger partial charge in [0.15, 0.2) is 11.0 Å². The SMILES string of the molecule is Cc1ccc(N2C(=O)[C@H](/C=N/NC(=O)c3cccc(N(C)C)c3)C(=O)NC2=S)cc1. The highest BCUT2D eigenvalue weighted by molar-refractivity contribution is 7.80. The summed E-state index contributed by atoms with van der Waals surface area (Å²) >= 11 is 5.16. The molecule has 8 nitrogen and oxygen atoms in total. The lowest BCUT2D eigenvalue weighted by atomic mass is 10.1. The molecule has 154 valence electrons. The molecule has 1 fully saturated rings. The first-order valence-corrected chi connectivity index (χ1v) is 9.55. The molecule has 2 aromatic rings. The van der Waals surface area contributed by atoms with Gasteiger partial charge in [0.2, 0.25) is 5.91 Å². The van der Waals surface area contributed by atoms with E-state index >= 15 is 0 Å². The maximum atomic E-state index is 12.9. The van der Waals surface area contributed by atoms with E-state index in [1.807, 2.05) is 44.1 Å². The van der Waals surface area contributed by atoms with Gasteiger partial charge < -0.3 is 10.2 Å². The summed E-state index contributed by atoms with van der Waals surface area (Å²) in [6.07, 6.45) is 1.11. The molecule has 0 unspecified atom stereocenters. The molecule has 0 bridgehead atoms. The lowest BCUT2D eigenvalue weighted by Gasteiger charge is -2.30. The van der Waals surface area contributed by atoms with Gasteiger partial charge in [0.25, 0.3) is 11.8 Å². The Bertz CT molecular complexity index is 1030. The Balaban J connectivity index is 1.74. The van der Waals surface area contributed by atoms with Gasteiger partial charge in [0.1, 0.15) is 0 Å². The summed E-state index contributed by atoms with van der Waals surface area (Å²) < 4.78 is 0. The lowest BCUT2D eigenvalue weighted by molar-refractivity contribution is -0.130. The Morgan fingerprint density at radius 3 is 2.57 bits per heavy atom. The quantitative estimate of drug-likeness (QED) is 0.331. The molecule has 1 atom stereocenters. The van der Waals surface area contributed by atoms with Crippen LogP contribution in [0.15, 0.2) is 53.6 Å². The Kier molecular flexibility index (Phi) is 6.22. The average Bonchev–Trinajstić information content (AvgIpc) is 2.71. The fraction of sp³-hybridized carbons (Fsp3) is 0.190. The number of amides is 3. The van der Waals surface area contributed by atoms with Gasteiger partial charge in [-0.3, -0.25) is 19.3 Å². The van der Waals surface area contributed by atoms with Gasteiger partial charge in [-0.25, -0.2) is 5.43 Å². The Labute approximate surface area is 179 Å². The van der Waals surface area contributed by atoms with E-state index in [2.05, 4.69) is 15.8 Å². The van der Waals surface area contributed by atoms with Crippen molar-refractivity contribution in [3.63, 3.8) is 0 Å². The number of hydrazone groups is 1. The first kappa shape index (κ1) is 21.1. The fourth-order valence-corrected chi connectivity index (χ4v) is 3.12. The van der Waals surface area contributed by atoms with Gasteiger partial charge >= 0.3 is 0 Å². The van der Waals surface area contributed by atoms with Crippen LogP contribution in [0.1, 0.15) is 15.9 Å². The minimum Gasteiger partial charge on any atom is -0.378 e. The summed E-state index contributed by atoms with van der Waals surface area (Å²) in [6.45, 7) is 1.92. The molecule has 1 heterocycles. The molecule has 1 saturated heterocycles. The number of carbonyl (C=O) groups excluding carboxylic acids is 3. The smallest absolute Gasteiger partial charge is 0.271 e. The Hall–Kier alpha value is -3.59. The van der Waals surface area contributed by atoms with Crippen LogP contribution in [0.2, 0.25) is 0 Å². The fourth-order valence-electron chi connectivity index (χ4n) is 2.82. The summed E-state index contributed by atoms with van der Waals surface area (Å²) in [7, 11) is 3.74. The monoisotopic (exact) mass is 423 g/mol. The molecule has 0 saturated carbocycles. The molecule has 0 aromatic heterocycles. The number of rotatable bonds is 5. The van der Waals surface area contributed by atoms with Crippen LogP contribution in [0.25, 0.3) is 0 Å². The summed E-state index contributed by atoms with van der Waals surface area (Å²) in [5, 5.41) is 6.33. The average molecular weight is 423 g/mol. The predicted molar refractivity (Wildman–Crippen MR) is 120 cm³/mol. The topological polar surface area (TPSA) is 94.1 Å². The zero-order valence-corrected chi connectivity index (χ0v) is 17.6. The molecule has 0 aliphatic carbocycles. The first-order chi connectivity index (χ1) is 14.3. The van der Waals surface area contributed by atoms with Crippen LogP contribution in [-0.2, 0) is 9.59 Å². The van der Waals surface area contributed by atoms with Crippen molar-refractivity contribution in [2.24, 2.45) is 11.0 Å². The van der Waals surface area contributed by atoms with Crippen LogP contribution in [-0.4, -0.2) is 43.1 Å². The van der Waals surface area contributed by atoms with Crippen molar-refractivity contribution in [2.45, 2.75) is 6.92 Å². The first-order valence-electron chi connectivity index (χ1n) is 9.14. The van der Waals surface area contributed by atoms with Crippen LogP contribution >= 0.6 is 12.2 Å². The van der Waals surface area contributed by atoms with Crippen molar-refractivity contribution in [3.05, 3.63) is 59.7 Å². The number of aryl methyl sites for hydroxylation is 1. The molecule has 2 N–H and O–H groups in total. The predicted octanol–water partition coefficient (Wildman–Crippen LogP) is 1.84. The number of nitrogens with one attached hydrogen (secondary N) is 2. The van der Waals surface area contributed by atoms with Crippen LogP contribution in [0, 0.1) is 12.8 Å². The van der Waals surface area contributed by atoms with E-state index in [0.717, 1.165) is 17.5 Å². The van der Waals surface area contributed by atoms with Gasteiger partial charge in [0, 0.05) is 31.6 Å². The van der Waals surface area contributed by atoms with E-state index in [1.165, 1.54) is 4.90 Å².